The van der Waals surface area contributed by atoms with Gasteiger partial charge in [-0.15, -0.1) is 0 Å². The molecular weight excluding hydrogens is 645 g/mol. The highest BCUT2D eigenvalue weighted by atomic mass is 32.2. The van der Waals surface area contributed by atoms with Gasteiger partial charge >= 0.3 is 0 Å². The van der Waals surface area contributed by atoms with Crippen LogP contribution in [0, 0.1) is 0 Å². The van der Waals surface area contributed by atoms with E-state index in [1.54, 1.807) is 0 Å². The van der Waals surface area contributed by atoms with Crippen molar-refractivity contribution in [2.45, 2.75) is 9.49 Å². The van der Waals surface area contributed by atoms with Crippen molar-refractivity contribution in [2.24, 2.45) is 9.98 Å². The van der Waals surface area contributed by atoms with Crippen LogP contribution in [0.3, 0.4) is 0 Å². The van der Waals surface area contributed by atoms with E-state index in [4.69, 9.17) is 9.98 Å². The fourth-order valence-electron chi connectivity index (χ4n) is 7.35. The summed E-state index contributed by atoms with van der Waals surface area (Å²) in [5.41, 5.74) is 11.7. The third-order valence-electron chi connectivity index (χ3n) is 9.61. The van der Waals surface area contributed by atoms with Crippen LogP contribution in [-0.4, -0.2) is 10.1 Å². The molecule has 9 rings (SSSR count). The molecule has 0 fully saturated rings. The first-order valence-corrected chi connectivity index (χ1v) is 18.5. The van der Waals surface area contributed by atoms with Crippen LogP contribution >= 0.6 is 23.5 Å². The van der Waals surface area contributed by atoms with Gasteiger partial charge in [-0.1, -0.05) is 193 Å². The number of nitrogens with zero attached hydrogens (tertiary/aromatic N) is 2. The van der Waals surface area contributed by atoms with Crippen LogP contribution in [0.5, 0.6) is 0 Å². The van der Waals surface area contributed by atoms with Crippen molar-refractivity contribution >= 4 is 45.0 Å². The Morgan fingerprint density at radius 3 is 0.900 bits per heavy atom. The van der Waals surface area contributed by atoms with E-state index in [1.807, 2.05) is 23.5 Å². The van der Waals surface area contributed by atoms with Crippen molar-refractivity contribution in [1.82, 2.24) is 0 Å². The molecule has 0 radical (unpaired) electrons. The number of aliphatic imine (C=N–C) groups is 2. The zero-order chi connectivity index (χ0) is 33.4. The molecule has 7 aromatic carbocycles. The molecule has 0 N–H and O–H groups in total. The number of rotatable bonds is 6. The summed E-state index contributed by atoms with van der Waals surface area (Å²) >= 11 is 3.65. The monoisotopic (exact) mass is 676 g/mol. The molecule has 0 unspecified atom stereocenters. The highest BCUT2D eigenvalue weighted by Crippen LogP contribution is 2.57. The molecule has 0 saturated heterocycles. The number of benzene rings is 7. The first-order valence-electron chi connectivity index (χ1n) is 16.8. The Balaban J connectivity index is 1.10. The van der Waals surface area contributed by atoms with Crippen LogP contribution in [-0.2, 0) is 9.49 Å². The van der Waals surface area contributed by atoms with Gasteiger partial charge in [0.15, 0.2) is 0 Å². The second-order valence-corrected chi connectivity index (χ2v) is 14.9. The quantitative estimate of drug-likeness (QED) is 0.175. The summed E-state index contributed by atoms with van der Waals surface area (Å²) in [6, 6.07) is 69.0. The number of thioether (sulfide) groups is 2. The molecule has 2 nitrogen and oxygen atoms in total. The average Bonchev–Trinajstić information content (AvgIpc) is 3.71. The van der Waals surface area contributed by atoms with Crippen molar-refractivity contribution in [3.05, 3.63) is 239 Å². The highest BCUT2D eigenvalue weighted by molar-refractivity contribution is 8.16. The van der Waals surface area contributed by atoms with E-state index in [0.717, 1.165) is 21.5 Å². The number of fused-ring (bicyclic) bond motifs is 2. The van der Waals surface area contributed by atoms with E-state index in [-0.39, 0.29) is 9.49 Å². The van der Waals surface area contributed by atoms with Gasteiger partial charge in [-0.2, -0.15) is 0 Å². The average molecular weight is 677 g/mol. The van der Waals surface area contributed by atoms with E-state index in [0.29, 0.717) is 0 Å². The Hall–Kier alpha value is -5.42. The molecule has 0 bridgehead atoms. The van der Waals surface area contributed by atoms with Gasteiger partial charge in [0.1, 0.15) is 10.1 Å². The van der Waals surface area contributed by atoms with Gasteiger partial charge in [0.05, 0.1) is 20.9 Å². The van der Waals surface area contributed by atoms with Gasteiger partial charge in [0.25, 0.3) is 0 Å². The number of hydrogen-bond acceptors (Lipinski definition) is 4. The first kappa shape index (κ1) is 30.6. The minimum Gasteiger partial charge on any atom is -0.241 e. The minimum atomic E-state index is -0.388. The maximum Gasteiger partial charge on any atom is 0.106 e. The van der Waals surface area contributed by atoms with Crippen molar-refractivity contribution < 1.29 is 0 Å². The Morgan fingerprint density at radius 2 is 0.580 bits per heavy atom. The fourth-order valence-corrected chi connectivity index (χ4v) is 10.4. The Bertz CT molecular complexity index is 2100. The topological polar surface area (TPSA) is 24.7 Å². The van der Waals surface area contributed by atoms with E-state index in [1.165, 1.54) is 44.5 Å². The molecule has 0 aliphatic carbocycles. The Morgan fingerprint density at radius 1 is 0.300 bits per heavy atom. The Kier molecular flexibility index (Phi) is 7.84. The molecule has 238 valence electrons. The van der Waals surface area contributed by atoms with Crippen molar-refractivity contribution in [3.63, 3.8) is 0 Å². The van der Waals surface area contributed by atoms with Gasteiger partial charge in [0.2, 0.25) is 0 Å². The molecule has 2 aliphatic rings. The molecule has 7 aromatic rings. The molecular formula is C46H32N2S2. The minimum absolute atomic E-state index is 0.388. The largest absolute Gasteiger partial charge is 0.241 e. The molecule has 0 atom stereocenters. The van der Waals surface area contributed by atoms with E-state index in [2.05, 4.69) is 194 Å². The van der Waals surface area contributed by atoms with E-state index in [9.17, 15) is 0 Å². The first-order chi connectivity index (χ1) is 24.8. The van der Waals surface area contributed by atoms with Crippen LogP contribution in [0.4, 0.5) is 11.4 Å². The van der Waals surface area contributed by atoms with Gasteiger partial charge in [-0.25, -0.2) is 9.98 Å². The summed E-state index contributed by atoms with van der Waals surface area (Å²) < 4.78 is -0.776. The lowest BCUT2D eigenvalue weighted by atomic mass is 9.82. The maximum atomic E-state index is 5.28. The van der Waals surface area contributed by atoms with Gasteiger partial charge in [-0.05, 0) is 57.6 Å². The van der Waals surface area contributed by atoms with Crippen molar-refractivity contribution in [1.29, 1.82) is 0 Å². The summed E-state index contributed by atoms with van der Waals surface area (Å²) in [6.07, 6.45) is 0. The predicted molar refractivity (Wildman–Crippen MR) is 212 cm³/mol. The van der Waals surface area contributed by atoms with Crippen LogP contribution in [0.15, 0.2) is 204 Å². The van der Waals surface area contributed by atoms with Gasteiger partial charge < -0.3 is 0 Å². The smallest absolute Gasteiger partial charge is 0.106 e. The lowest BCUT2D eigenvalue weighted by molar-refractivity contribution is 0.907. The molecule has 0 spiro atoms. The van der Waals surface area contributed by atoms with Crippen LogP contribution in [0.1, 0.15) is 44.5 Å². The van der Waals surface area contributed by atoms with Gasteiger partial charge in [-0.3, -0.25) is 0 Å². The summed E-state index contributed by atoms with van der Waals surface area (Å²) in [4.78, 5) is 10.6. The highest BCUT2D eigenvalue weighted by Gasteiger charge is 2.47. The second kappa shape index (κ2) is 12.8. The van der Waals surface area contributed by atoms with Crippen LogP contribution < -0.4 is 0 Å². The summed E-state index contributed by atoms with van der Waals surface area (Å²) in [5, 5.41) is 2.03. The second-order valence-electron chi connectivity index (χ2n) is 12.5. The summed E-state index contributed by atoms with van der Waals surface area (Å²) in [7, 11) is 0. The molecule has 0 aromatic heterocycles. The van der Waals surface area contributed by atoms with Crippen molar-refractivity contribution in [3.8, 4) is 0 Å². The Labute approximate surface area is 301 Å². The van der Waals surface area contributed by atoms with Gasteiger partial charge in [0, 0.05) is 11.1 Å². The molecule has 2 aliphatic heterocycles. The maximum absolute atomic E-state index is 5.28. The lowest BCUT2D eigenvalue weighted by Gasteiger charge is -2.30. The lowest BCUT2D eigenvalue weighted by Crippen LogP contribution is -2.22. The molecule has 50 heavy (non-hydrogen) atoms. The molecule has 4 heteroatoms. The zero-order valence-electron chi connectivity index (χ0n) is 27.2. The van der Waals surface area contributed by atoms with Crippen molar-refractivity contribution in [2.75, 3.05) is 0 Å². The standard InChI is InChI=1S/C46H32N2S2/c1-5-17-33(18-6-1)45(34-19-7-2-8-20-34)41-27-15-13-25-39(41)43(49-45)47-37-29-31-38(32-30-37)48-44-40-26-14-16-28-42(40)46(50-44,35-21-9-3-10-22-35)36-23-11-4-12-24-36/h1-32H. The van der Waals surface area contributed by atoms with E-state index < -0.39 is 0 Å². The SMILES string of the molecule is c1ccc(C2(c3ccccc3)SC(=Nc3ccc(N=C4SC(c5ccccc5)(c5ccccc5)c5ccccc54)cc3)c3ccccc32)cc1. The third-order valence-corrected chi connectivity index (χ3v) is 12.6. The fraction of sp³-hybridized carbons (Fsp3) is 0.0435. The third kappa shape index (κ3) is 5.06. The summed E-state index contributed by atoms with van der Waals surface area (Å²) in [6.45, 7) is 0. The molecule has 0 amide bonds. The predicted octanol–water partition coefficient (Wildman–Crippen LogP) is 11.9. The summed E-state index contributed by atoms with van der Waals surface area (Å²) in [5.74, 6) is 0. The molecule has 0 saturated carbocycles. The van der Waals surface area contributed by atoms with E-state index >= 15 is 0 Å². The van der Waals surface area contributed by atoms with Crippen LogP contribution in [0.25, 0.3) is 0 Å². The normalized spacial score (nSPS) is 17.0. The van der Waals surface area contributed by atoms with Crippen LogP contribution in [0.2, 0.25) is 0 Å². The molecule has 2 heterocycles. The number of hydrogen-bond donors (Lipinski definition) is 0. The zero-order valence-corrected chi connectivity index (χ0v) is 28.8.